The molecule has 0 radical (unpaired) electrons. The Morgan fingerprint density at radius 1 is 1.38 bits per heavy atom. The summed E-state index contributed by atoms with van der Waals surface area (Å²) >= 11 is 0. The van der Waals surface area contributed by atoms with Crippen molar-refractivity contribution in [3.8, 4) is 0 Å². The summed E-state index contributed by atoms with van der Waals surface area (Å²) < 4.78 is 4.75. The molecule has 0 aliphatic rings. The largest absolute Gasteiger partial charge is 0.480 e. The van der Waals surface area contributed by atoms with E-state index in [4.69, 9.17) is 14.9 Å². The van der Waals surface area contributed by atoms with E-state index in [1.807, 2.05) is 6.92 Å². The molecule has 2 atom stereocenters. The molecule has 94 valence electrons. The SMILES string of the molecule is CCCCCOC(=O)N[C@@H](C(=O)O)[C@H](C)O. The number of aliphatic carboxylic acids is 1. The van der Waals surface area contributed by atoms with Crippen molar-refractivity contribution >= 4 is 12.1 Å². The minimum atomic E-state index is -1.33. The summed E-state index contributed by atoms with van der Waals surface area (Å²) in [6.07, 6.45) is 0.726. The smallest absolute Gasteiger partial charge is 0.407 e. The lowest BCUT2D eigenvalue weighted by Gasteiger charge is -2.16. The Hall–Kier alpha value is -1.30. The monoisotopic (exact) mass is 233 g/mol. The average molecular weight is 233 g/mol. The molecule has 6 nitrogen and oxygen atoms in total. The molecule has 0 spiro atoms. The van der Waals surface area contributed by atoms with Crippen LogP contribution in [0.2, 0.25) is 0 Å². The van der Waals surface area contributed by atoms with Crippen molar-refractivity contribution in [2.45, 2.75) is 45.3 Å². The van der Waals surface area contributed by atoms with Crippen LogP contribution in [0.4, 0.5) is 4.79 Å². The zero-order chi connectivity index (χ0) is 12.6. The molecule has 0 saturated heterocycles. The number of aliphatic hydroxyl groups excluding tert-OH is 1. The predicted octanol–water partition coefficient (Wildman–Crippen LogP) is 0.737. The van der Waals surface area contributed by atoms with Gasteiger partial charge in [-0.3, -0.25) is 0 Å². The van der Waals surface area contributed by atoms with Gasteiger partial charge < -0.3 is 20.3 Å². The molecule has 1 amide bonds. The average Bonchev–Trinajstić information content (AvgIpc) is 2.20. The van der Waals surface area contributed by atoms with Gasteiger partial charge in [-0.2, -0.15) is 0 Å². The van der Waals surface area contributed by atoms with Crippen molar-refractivity contribution in [2.24, 2.45) is 0 Å². The van der Waals surface area contributed by atoms with Crippen LogP contribution in [-0.4, -0.2) is 41.0 Å². The predicted molar refractivity (Wildman–Crippen MR) is 57.1 cm³/mol. The quantitative estimate of drug-likeness (QED) is 0.563. The van der Waals surface area contributed by atoms with Gasteiger partial charge in [0.05, 0.1) is 12.7 Å². The van der Waals surface area contributed by atoms with Crippen LogP contribution < -0.4 is 5.32 Å². The highest BCUT2D eigenvalue weighted by atomic mass is 16.5. The summed E-state index contributed by atoms with van der Waals surface area (Å²) in [5, 5.41) is 19.8. The molecule has 0 aromatic heterocycles. The molecule has 0 bridgehead atoms. The Balaban J connectivity index is 3.87. The van der Waals surface area contributed by atoms with Gasteiger partial charge in [-0.05, 0) is 13.3 Å². The Morgan fingerprint density at radius 3 is 2.44 bits per heavy atom. The summed E-state index contributed by atoms with van der Waals surface area (Å²) in [6, 6.07) is -1.33. The maximum Gasteiger partial charge on any atom is 0.407 e. The lowest BCUT2D eigenvalue weighted by Crippen LogP contribution is -2.47. The molecule has 0 aromatic carbocycles. The van der Waals surface area contributed by atoms with Crippen LogP contribution in [0.25, 0.3) is 0 Å². The summed E-state index contributed by atoms with van der Waals surface area (Å²) in [5.74, 6) is -1.29. The van der Waals surface area contributed by atoms with E-state index >= 15 is 0 Å². The number of amides is 1. The van der Waals surface area contributed by atoms with Crippen LogP contribution in [0.3, 0.4) is 0 Å². The number of carbonyl (C=O) groups is 2. The van der Waals surface area contributed by atoms with Crippen molar-refractivity contribution in [3.63, 3.8) is 0 Å². The first-order chi connectivity index (χ1) is 7.49. The summed E-state index contributed by atoms with van der Waals surface area (Å²) in [4.78, 5) is 21.7. The van der Waals surface area contributed by atoms with Gasteiger partial charge in [-0.15, -0.1) is 0 Å². The van der Waals surface area contributed by atoms with Crippen LogP contribution in [0.1, 0.15) is 33.1 Å². The molecule has 0 aromatic rings. The lowest BCUT2D eigenvalue weighted by atomic mass is 10.2. The number of carboxylic acid groups (broad SMARTS) is 1. The number of hydrogen-bond acceptors (Lipinski definition) is 4. The van der Waals surface area contributed by atoms with E-state index < -0.39 is 24.2 Å². The van der Waals surface area contributed by atoms with Crippen molar-refractivity contribution in [3.05, 3.63) is 0 Å². The first kappa shape index (κ1) is 14.7. The summed E-state index contributed by atoms with van der Waals surface area (Å²) in [7, 11) is 0. The van der Waals surface area contributed by atoms with Gasteiger partial charge in [0.25, 0.3) is 0 Å². The number of carboxylic acids is 1. The van der Waals surface area contributed by atoms with Crippen molar-refractivity contribution in [1.82, 2.24) is 5.32 Å². The van der Waals surface area contributed by atoms with Gasteiger partial charge >= 0.3 is 12.1 Å². The molecule has 3 N–H and O–H groups in total. The van der Waals surface area contributed by atoms with Gasteiger partial charge in [0.1, 0.15) is 0 Å². The number of carbonyl (C=O) groups excluding carboxylic acids is 1. The Labute approximate surface area is 94.6 Å². The molecule has 0 aliphatic carbocycles. The number of aliphatic hydroxyl groups is 1. The van der Waals surface area contributed by atoms with Gasteiger partial charge in [-0.25, -0.2) is 9.59 Å². The molecule has 16 heavy (non-hydrogen) atoms. The number of rotatable bonds is 7. The summed E-state index contributed by atoms with van der Waals surface area (Å²) in [6.45, 7) is 3.57. The van der Waals surface area contributed by atoms with Crippen LogP contribution in [-0.2, 0) is 9.53 Å². The molecule has 0 unspecified atom stereocenters. The molecule has 0 aliphatic heterocycles. The Bertz CT molecular complexity index is 229. The van der Waals surface area contributed by atoms with Crippen LogP contribution in [0.15, 0.2) is 0 Å². The number of alkyl carbamates (subject to hydrolysis) is 1. The number of hydrogen-bond donors (Lipinski definition) is 3. The van der Waals surface area contributed by atoms with Gasteiger partial charge in [0.15, 0.2) is 6.04 Å². The van der Waals surface area contributed by atoms with Crippen molar-refractivity contribution in [2.75, 3.05) is 6.61 Å². The standard InChI is InChI=1S/C10H19NO5/c1-3-4-5-6-16-10(15)11-8(7(2)12)9(13)14/h7-8,12H,3-6H2,1-2H3,(H,11,15)(H,13,14)/t7-,8+/m0/s1. The highest BCUT2D eigenvalue weighted by Gasteiger charge is 2.25. The number of unbranched alkanes of at least 4 members (excludes halogenated alkanes) is 2. The second kappa shape index (κ2) is 7.92. The maximum absolute atomic E-state index is 11.1. The summed E-state index contributed by atoms with van der Waals surface area (Å²) in [5.41, 5.74) is 0. The maximum atomic E-state index is 11.1. The number of nitrogens with one attached hydrogen (secondary N) is 1. The molecular formula is C10H19NO5. The fraction of sp³-hybridized carbons (Fsp3) is 0.800. The third-order valence-electron chi connectivity index (χ3n) is 2.00. The second-order valence-electron chi connectivity index (χ2n) is 3.54. The van der Waals surface area contributed by atoms with Crippen LogP contribution in [0, 0.1) is 0 Å². The van der Waals surface area contributed by atoms with E-state index in [-0.39, 0.29) is 6.61 Å². The van der Waals surface area contributed by atoms with E-state index in [1.165, 1.54) is 6.92 Å². The molecule has 0 saturated carbocycles. The third-order valence-corrected chi connectivity index (χ3v) is 2.00. The Morgan fingerprint density at radius 2 is 2.00 bits per heavy atom. The van der Waals surface area contributed by atoms with Crippen LogP contribution in [0.5, 0.6) is 0 Å². The van der Waals surface area contributed by atoms with Crippen LogP contribution >= 0.6 is 0 Å². The van der Waals surface area contributed by atoms with E-state index in [9.17, 15) is 9.59 Å². The fourth-order valence-corrected chi connectivity index (χ4v) is 1.07. The lowest BCUT2D eigenvalue weighted by molar-refractivity contribution is -0.142. The van der Waals surface area contributed by atoms with E-state index in [1.54, 1.807) is 0 Å². The van der Waals surface area contributed by atoms with E-state index in [2.05, 4.69) is 5.32 Å². The fourth-order valence-electron chi connectivity index (χ4n) is 1.07. The van der Waals surface area contributed by atoms with Crippen molar-refractivity contribution in [1.29, 1.82) is 0 Å². The third kappa shape index (κ3) is 6.23. The first-order valence-electron chi connectivity index (χ1n) is 5.33. The van der Waals surface area contributed by atoms with Gasteiger partial charge in [0.2, 0.25) is 0 Å². The van der Waals surface area contributed by atoms with Crippen molar-refractivity contribution < 1.29 is 24.5 Å². The highest BCUT2D eigenvalue weighted by molar-refractivity contribution is 5.80. The van der Waals surface area contributed by atoms with Gasteiger partial charge in [0, 0.05) is 0 Å². The first-order valence-corrected chi connectivity index (χ1v) is 5.33. The normalized spacial score (nSPS) is 13.9. The minimum Gasteiger partial charge on any atom is -0.480 e. The Kier molecular flexibility index (Phi) is 7.28. The molecule has 0 heterocycles. The molecular weight excluding hydrogens is 214 g/mol. The molecule has 6 heteroatoms. The van der Waals surface area contributed by atoms with E-state index in [0.29, 0.717) is 0 Å². The minimum absolute atomic E-state index is 0.256. The molecule has 0 rings (SSSR count). The highest BCUT2D eigenvalue weighted by Crippen LogP contribution is 1.97. The zero-order valence-corrected chi connectivity index (χ0v) is 9.60. The molecule has 0 fully saturated rings. The van der Waals surface area contributed by atoms with E-state index in [0.717, 1.165) is 19.3 Å². The zero-order valence-electron chi connectivity index (χ0n) is 9.60. The number of ether oxygens (including phenoxy) is 1. The second-order valence-corrected chi connectivity index (χ2v) is 3.54. The topological polar surface area (TPSA) is 95.9 Å². The van der Waals surface area contributed by atoms with Gasteiger partial charge in [-0.1, -0.05) is 19.8 Å².